The zero-order valence-electron chi connectivity index (χ0n) is 10.4. The second-order valence-corrected chi connectivity index (χ2v) is 4.54. The fourth-order valence-corrected chi connectivity index (χ4v) is 1.88. The van der Waals surface area contributed by atoms with Crippen molar-refractivity contribution in [1.82, 2.24) is 9.91 Å². The molecule has 0 bridgehead atoms. The van der Waals surface area contributed by atoms with Gasteiger partial charge < -0.3 is 10.3 Å². The predicted octanol–water partition coefficient (Wildman–Crippen LogP) is 1.46. The lowest BCUT2D eigenvalue weighted by atomic mass is 10.1. The third kappa shape index (κ3) is 3.28. The summed E-state index contributed by atoms with van der Waals surface area (Å²) < 4.78 is 0. The van der Waals surface area contributed by atoms with E-state index in [9.17, 15) is 4.79 Å². The van der Waals surface area contributed by atoms with Gasteiger partial charge in [-0.2, -0.15) is 0 Å². The zero-order valence-corrected chi connectivity index (χ0v) is 10.4. The number of benzene rings is 1. The van der Waals surface area contributed by atoms with Crippen LogP contribution in [-0.2, 0) is 0 Å². The number of hydrogen-bond acceptors (Lipinski definition) is 4. The summed E-state index contributed by atoms with van der Waals surface area (Å²) in [6.07, 6.45) is 0. The van der Waals surface area contributed by atoms with Crippen LogP contribution in [0.25, 0.3) is 0 Å². The van der Waals surface area contributed by atoms with Crippen LogP contribution in [0.2, 0.25) is 0 Å². The highest BCUT2D eigenvalue weighted by molar-refractivity contribution is 5.94. The molecule has 1 aromatic rings. The van der Waals surface area contributed by atoms with Crippen molar-refractivity contribution in [1.29, 1.82) is 0 Å². The maximum Gasteiger partial charge on any atom is 0.159 e. The lowest BCUT2D eigenvalue weighted by Gasteiger charge is -2.33. The minimum atomic E-state index is 0.108. The van der Waals surface area contributed by atoms with E-state index in [0.29, 0.717) is 0 Å². The molecule has 17 heavy (non-hydrogen) atoms. The quantitative estimate of drug-likeness (QED) is 0.802. The van der Waals surface area contributed by atoms with E-state index in [-0.39, 0.29) is 5.78 Å². The molecule has 0 amide bonds. The molecule has 92 valence electrons. The minimum Gasteiger partial charge on any atom is -0.319 e. The molecule has 1 saturated heterocycles. The molecule has 0 atom stereocenters. The van der Waals surface area contributed by atoms with Gasteiger partial charge in [0.2, 0.25) is 0 Å². The van der Waals surface area contributed by atoms with Crippen LogP contribution >= 0.6 is 0 Å². The lowest BCUT2D eigenvalue weighted by Crippen LogP contribution is -2.46. The molecule has 4 nitrogen and oxygen atoms in total. The number of Topliss-reactive ketones (excluding diaryl/α,β-unsaturated/α-hetero) is 1. The van der Waals surface area contributed by atoms with E-state index in [1.807, 2.05) is 24.3 Å². The summed E-state index contributed by atoms with van der Waals surface area (Å²) in [7, 11) is 2.14. The van der Waals surface area contributed by atoms with Crippen molar-refractivity contribution in [3.8, 4) is 0 Å². The molecule has 1 fully saturated rings. The maximum atomic E-state index is 11.1. The van der Waals surface area contributed by atoms with Crippen molar-refractivity contribution >= 4 is 11.5 Å². The first-order valence-electron chi connectivity index (χ1n) is 5.96. The second-order valence-electron chi connectivity index (χ2n) is 4.54. The van der Waals surface area contributed by atoms with Crippen molar-refractivity contribution in [3.63, 3.8) is 0 Å². The normalized spacial score (nSPS) is 18.0. The molecule has 4 heteroatoms. The van der Waals surface area contributed by atoms with Gasteiger partial charge in [-0.05, 0) is 38.2 Å². The Morgan fingerprint density at radius 2 is 1.71 bits per heavy atom. The van der Waals surface area contributed by atoms with E-state index in [1.165, 1.54) is 0 Å². The Morgan fingerprint density at radius 1 is 1.12 bits per heavy atom. The molecule has 0 aromatic heterocycles. The van der Waals surface area contributed by atoms with Crippen molar-refractivity contribution in [2.45, 2.75) is 6.92 Å². The van der Waals surface area contributed by atoms with E-state index in [4.69, 9.17) is 0 Å². The van der Waals surface area contributed by atoms with Gasteiger partial charge in [-0.25, -0.2) is 5.01 Å². The van der Waals surface area contributed by atoms with Crippen LogP contribution in [0.15, 0.2) is 24.3 Å². The van der Waals surface area contributed by atoms with Gasteiger partial charge in [0.1, 0.15) is 0 Å². The Kier molecular flexibility index (Phi) is 3.76. The van der Waals surface area contributed by atoms with Gasteiger partial charge >= 0.3 is 0 Å². The average Bonchev–Trinajstić information content (AvgIpc) is 2.33. The number of hydrogen-bond donors (Lipinski definition) is 1. The lowest BCUT2D eigenvalue weighted by molar-refractivity contribution is 0.101. The van der Waals surface area contributed by atoms with Crippen LogP contribution in [0.3, 0.4) is 0 Å². The summed E-state index contributed by atoms with van der Waals surface area (Å²) in [6, 6.07) is 7.63. The molecule has 1 aromatic carbocycles. The topological polar surface area (TPSA) is 35.6 Å². The van der Waals surface area contributed by atoms with E-state index in [1.54, 1.807) is 6.92 Å². The summed E-state index contributed by atoms with van der Waals surface area (Å²) in [5.74, 6) is 0.108. The predicted molar refractivity (Wildman–Crippen MR) is 69.1 cm³/mol. The van der Waals surface area contributed by atoms with Gasteiger partial charge in [0.05, 0.1) is 0 Å². The van der Waals surface area contributed by atoms with Crippen LogP contribution in [0.5, 0.6) is 0 Å². The van der Waals surface area contributed by atoms with Gasteiger partial charge in [-0.1, -0.05) is 0 Å². The number of carbonyl (C=O) groups excluding carboxylic acids is 1. The summed E-state index contributed by atoms with van der Waals surface area (Å²) in [6.45, 7) is 5.79. The average molecular weight is 233 g/mol. The highest BCUT2D eigenvalue weighted by atomic mass is 16.1. The molecule has 0 spiro atoms. The number of hydrazine groups is 1. The largest absolute Gasteiger partial charge is 0.319 e. The van der Waals surface area contributed by atoms with Gasteiger partial charge in [-0.3, -0.25) is 4.79 Å². The molecule has 1 heterocycles. The first-order chi connectivity index (χ1) is 8.15. The first kappa shape index (κ1) is 12.1. The van der Waals surface area contributed by atoms with Crippen LogP contribution in [-0.4, -0.2) is 48.9 Å². The summed E-state index contributed by atoms with van der Waals surface area (Å²) in [4.78, 5) is 13.5. The van der Waals surface area contributed by atoms with E-state index in [2.05, 4.69) is 22.4 Å². The first-order valence-corrected chi connectivity index (χ1v) is 5.96. The fourth-order valence-electron chi connectivity index (χ4n) is 1.88. The molecule has 1 N–H and O–H groups in total. The van der Waals surface area contributed by atoms with Crippen molar-refractivity contribution in [3.05, 3.63) is 29.8 Å². The summed E-state index contributed by atoms with van der Waals surface area (Å²) in [5.41, 5.74) is 5.16. The smallest absolute Gasteiger partial charge is 0.159 e. The standard InChI is InChI=1S/C13H19N3O/c1-11(17)12-3-5-13(6-4-12)14-16-9-7-15(2)8-10-16/h3-6,14H,7-10H2,1-2H3. The number of ketones is 1. The van der Waals surface area contributed by atoms with Gasteiger partial charge in [0.25, 0.3) is 0 Å². The molecular weight excluding hydrogens is 214 g/mol. The van der Waals surface area contributed by atoms with Crippen molar-refractivity contribution in [2.24, 2.45) is 0 Å². The molecule has 0 unspecified atom stereocenters. The number of carbonyl (C=O) groups is 1. The Labute approximate surface area is 102 Å². The molecule has 2 rings (SSSR count). The number of nitrogens with zero attached hydrogens (tertiary/aromatic N) is 2. The third-order valence-electron chi connectivity index (χ3n) is 3.08. The van der Waals surface area contributed by atoms with Crippen LogP contribution in [0, 0.1) is 0 Å². The second kappa shape index (κ2) is 5.29. The Balaban J connectivity index is 1.92. The molecule has 1 aliphatic heterocycles. The zero-order chi connectivity index (χ0) is 12.3. The van der Waals surface area contributed by atoms with E-state index < -0.39 is 0 Å². The Bertz CT molecular complexity index is 380. The van der Waals surface area contributed by atoms with E-state index in [0.717, 1.165) is 37.4 Å². The Hall–Kier alpha value is -1.39. The fraction of sp³-hybridized carbons (Fsp3) is 0.462. The van der Waals surface area contributed by atoms with Gasteiger partial charge in [0, 0.05) is 37.4 Å². The summed E-state index contributed by atoms with van der Waals surface area (Å²) in [5, 5.41) is 2.21. The minimum absolute atomic E-state index is 0.108. The number of likely N-dealkylation sites (N-methyl/N-ethyl adjacent to an activating group) is 1. The number of piperazine rings is 1. The number of anilines is 1. The number of rotatable bonds is 3. The SMILES string of the molecule is CC(=O)c1ccc(NN2CCN(C)CC2)cc1. The molecule has 0 saturated carbocycles. The maximum absolute atomic E-state index is 11.1. The molecular formula is C13H19N3O. The Morgan fingerprint density at radius 3 is 2.24 bits per heavy atom. The molecule has 0 aliphatic carbocycles. The van der Waals surface area contributed by atoms with Crippen molar-refractivity contribution in [2.75, 3.05) is 38.7 Å². The van der Waals surface area contributed by atoms with Gasteiger partial charge in [0.15, 0.2) is 5.78 Å². The molecule has 1 aliphatic rings. The van der Waals surface area contributed by atoms with Crippen LogP contribution in [0.4, 0.5) is 5.69 Å². The van der Waals surface area contributed by atoms with Crippen LogP contribution in [0.1, 0.15) is 17.3 Å². The molecule has 0 radical (unpaired) electrons. The summed E-state index contributed by atoms with van der Waals surface area (Å²) >= 11 is 0. The van der Waals surface area contributed by atoms with Crippen LogP contribution < -0.4 is 5.43 Å². The third-order valence-corrected chi connectivity index (χ3v) is 3.08. The van der Waals surface area contributed by atoms with E-state index >= 15 is 0 Å². The van der Waals surface area contributed by atoms with Gasteiger partial charge in [-0.15, -0.1) is 0 Å². The van der Waals surface area contributed by atoms with Crippen molar-refractivity contribution < 1.29 is 4.79 Å². The number of nitrogens with one attached hydrogen (secondary N) is 1. The highest BCUT2D eigenvalue weighted by Gasteiger charge is 2.13. The monoisotopic (exact) mass is 233 g/mol. The highest BCUT2D eigenvalue weighted by Crippen LogP contribution is 2.11.